The summed E-state index contributed by atoms with van der Waals surface area (Å²) in [5.41, 5.74) is 9.77. The van der Waals surface area contributed by atoms with E-state index in [1.165, 1.54) is 19.3 Å². The van der Waals surface area contributed by atoms with Gasteiger partial charge in [0.05, 0.1) is 6.10 Å². The molecule has 0 heterocycles. The molecule has 0 saturated heterocycles. The van der Waals surface area contributed by atoms with Crippen molar-refractivity contribution in [1.82, 2.24) is 0 Å². The Morgan fingerprint density at radius 1 is 1.22 bits per heavy atom. The Hall–Kier alpha value is -1.51. The molecule has 0 amide bonds. The summed E-state index contributed by atoms with van der Waals surface area (Å²) in [6.45, 7) is 0. The molecule has 0 aromatic heterocycles. The third-order valence-electron chi connectivity index (χ3n) is 3.34. The van der Waals surface area contributed by atoms with Gasteiger partial charge in [0.15, 0.2) is 0 Å². The Morgan fingerprint density at radius 2 is 1.94 bits per heavy atom. The van der Waals surface area contributed by atoms with Crippen LogP contribution in [0, 0.1) is 0 Å². The highest BCUT2D eigenvalue weighted by Gasteiger charge is 2.18. The van der Waals surface area contributed by atoms with Crippen molar-refractivity contribution in [3.63, 3.8) is 0 Å². The van der Waals surface area contributed by atoms with Crippen LogP contribution < -0.4 is 0 Å². The van der Waals surface area contributed by atoms with Crippen LogP contribution in [0.1, 0.15) is 37.7 Å². The molecule has 4 heteroatoms. The number of nitrogens with zero attached hydrogens (tertiary/aromatic N) is 3. The van der Waals surface area contributed by atoms with E-state index in [0.29, 0.717) is 6.42 Å². The fourth-order valence-electron chi connectivity index (χ4n) is 2.41. The van der Waals surface area contributed by atoms with Crippen LogP contribution in [0.3, 0.4) is 0 Å². The van der Waals surface area contributed by atoms with Gasteiger partial charge in [0.1, 0.15) is 6.23 Å². The van der Waals surface area contributed by atoms with Crippen molar-refractivity contribution in [1.29, 1.82) is 0 Å². The highest BCUT2D eigenvalue weighted by atomic mass is 16.5. The van der Waals surface area contributed by atoms with Crippen LogP contribution in [0.15, 0.2) is 35.4 Å². The Balaban J connectivity index is 1.93. The Morgan fingerprint density at radius 3 is 2.61 bits per heavy atom. The quantitative estimate of drug-likeness (QED) is 0.435. The molecule has 1 aromatic carbocycles. The predicted octanol–water partition coefficient (Wildman–Crippen LogP) is 4.21. The van der Waals surface area contributed by atoms with Gasteiger partial charge >= 0.3 is 0 Å². The third kappa shape index (κ3) is 4.06. The summed E-state index contributed by atoms with van der Waals surface area (Å²) in [6, 6.07) is 10.0. The lowest BCUT2D eigenvalue weighted by Crippen LogP contribution is -2.24. The molecule has 0 spiro atoms. The summed E-state index contributed by atoms with van der Waals surface area (Å²) in [6.07, 6.45) is 6.46. The average molecular weight is 245 g/mol. The van der Waals surface area contributed by atoms with Crippen molar-refractivity contribution in [2.24, 2.45) is 5.11 Å². The van der Waals surface area contributed by atoms with Crippen LogP contribution in [0.2, 0.25) is 0 Å². The maximum absolute atomic E-state index is 8.62. The van der Waals surface area contributed by atoms with Crippen LogP contribution in [0.4, 0.5) is 0 Å². The number of benzene rings is 1. The molecule has 0 radical (unpaired) electrons. The summed E-state index contributed by atoms with van der Waals surface area (Å²) in [4.78, 5) is 2.90. The van der Waals surface area contributed by atoms with E-state index < -0.39 is 0 Å². The third-order valence-corrected chi connectivity index (χ3v) is 3.34. The van der Waals surface area contributed by atoms with Gasteiger partial charge in [-0.15, -0.1) is 0 Å². The number of azide groups is 1. The fourth-order valence-corrected chi connectivity index (χ4v) is 2.41. The maximum atomic E-state index is 8.62. The second kappa shape index (κ2) is 7.04. The molecule has 96 valence electrons. The molecule has 1 unspecified atom stereocenters. The largest absolute Gasteiger partial charge is 0.369 e. The maximum Gasteiger partial charge on any atom is 0.140 e. The van der Waals surface area contributed by atoms with Crippen LogP contribution in [0.25, 0.3) is 10.4 Å². The lowest BCUT2D eigenvalue weighted by atomic mass is 9.97. The lowest BCUT2D eigenvalue weighted by Gasteiger charge is -2.25. The standard InChI is InChI=1S/C14H19N3O/c15-17-16-14(11-12-7-3-1-4-8-12)18-13-9-5-2-6-10-13/h1,3-4,7-8,13-14H,2,5-6,9-11H2. The van der Waals surface area contributed by atoms with Gasteiger partial charge in [-0.2, -0.15) is 0 Å². The van der Waals surface area contributed by atoms with Crippen molar-refractivity contribution in [3.8, 4) is 0 Å². The van der Waals surface area contributed by atoms with E-state index in [2.05, 4.69) is 10.0 Å². The Kier molecular flexibility index (Phi) is 5.06. The SMILES string of the molecule is [N-]=[N+]=NC(Cc1ccccc1)OC1CCCCC1. The predicted molar refractivity (Wildman–Crippen MR) is 71.0 cm³/mol. The Bertz CT molecular complexity index is 395. The molecule has 1 fully saturated rings. The molecular formula is C14H19N3O. The molecular weight excluding hydrogens is 226 g/mol. The van der Waals surface area contributed by atoms with Gasteiger partial charge in [-0.25, -0.2) is 0 Å². The van der Waals surface area contributed by atoms with E-state index >= 15 is 0 Å². The zero-order valence-electron chi connectivity index (χ0n) is 10.5. The van der Waals surface area contributed by atoms with E-state index in [4.69, 9.17) is 10.3 Å². The number of hydrogen-bond acceptors (Lipinski definition) is 2. The molecule has 0 aliphatic heterocycles. The zero-order valence-corrected chi connectivity index (χ0v) is 10.5. The molecule has 1 aliphatic carbocycles. The van der Waals surface area contributed by atoms with Crippen molar-refractivity contribution < 1.29 is 4.74 Å². The summed E-state index contributed by atoms with van der Waals surface area (Å²) in [5.74, 6) is 0. The monoisotopic (exact) mass is 245 g/mol. The first-order valence-corrected chi connectivity index (χ1v) is 6.62. The topological polar surface area (TPSA) is 58.0 Å². The van der Waals surface area contributed by atoms with E-state index in [1.807, 2.05) is 30.3 Å². The summed E-state index contributed by atoms with van der Waals surface area (Å²) >= 11 is 0. The molecule has 1 atom stereocenters. The van der Waals surface area contributed by atoms with Crippen LogP contribution >= 0.6 is 0 Å². The highest BCUT2D eigenvalue weighted by molar-refractivity contribution is 5.15. The summed E-state index contributed by atoms with van der Waals surface area (Å²) in [7, 11) is 0. The Labute approximate surface area is 108 Å². The fraction of sp³-hybridized carbons (Fsp3) is 0.571. The molecule has 1 aliphatic rings. The molecule has 1 aromatic rings. The highest BCUT2D eigenvalue weighted by Crippen LogP contribution is 2.22. The molecule has 0 N–H and O–H groups in total. The first-order chi connectivity index (χ1) is 8.88. The normalized spacial score (nSPS) is 18.0. The smallest absolute Gasteiger partial charge is 0.140 e. The number of rotatable bonds is 5. The molecule has 0 bridgehead atoms. The minimum atomic E-state index is -0.375. The van der Waals surface area contributed by atoms with Crippen molar-refractivity contribution >= 4 is 0 Å². The first kappa shape index (κ1) is 12.9. The second-order valence-electron chi connectivity index (χ2n) is 4.75. The van der Waals surface area contributed by atoms with Gasteiger partial charge in [-0.1, -0.05) is 54.7 Å². The van der Waals surface area contributed by atoms with E-state index in [1.54, 1.807) is 0 Å². The van der Waals surface area contributed by atoms with Crippen molar-refractivity contribution in [3.05, 3.63) is 46.3 Å². The van der Waals surface area contributed by atoms with Gasteiger partial charge in [-0.05, 0) is 23.9 Å². The second-order valence-corrected chi connectivity index (χ2v) is 4.75. The average Bonchev–Trinajstić information content (AvgIpc) is 2.41. The van der Waals surface area contributed by atoms with Gasteiger partial charge in [0.2, 0.25) is 0 Å². The zero-order chi connectivity index (χ0) is 12.6. The molecule has 18 heavy (non-hydrogen) atoms. The van der Waals surface area contributed by atoms with E-state index in [-0.39, 0.29) is 12.3 Å². The molecule has 1 saturated carbocycles. The van der Waals surface area contributed by atoms with Crippen molar-refractivity contribution in [2.45, 2.75) is 50.9 Å². The van der Waals surface area contributed by atoms with Gasteiger partial charge in [0, 0.05) is 11.3 Å². The van der Waals surface area contributed by atoms with Gasteiger partial charge < -0.3 is 4.74 Å². The molecule has 2 rings (SSSR count). The summed E-state index contributed by atoms with van der Waals surface area (Å²) in [5, 5.41) is 3.77. The minimum Gasteiger partial charge on any atom is -0.369 e. The van der Waals surface area contributed by atoms with Crippen LogP contribution in [-0.2, 0) is 11.2 Å². The molecule has 4 nitrogen and oxygen atoms in total. The van der Waals surface area contributed by atoms with Crippen LogP contribution in [-0.4, -0.2) is 12.3 Å². The minimum absolute atomic E-state index is 0.262. The van der Waals surface area contributed by atoms with Crippen molar-refractivity contribution in [2.75, 3.05) is 0 Å². The van der Waals surface area contributed by atoms with Gasteiger partial charge in [0.25, 0.3) is 0 Å². The first-order valence-electron chi connectivity index (χ1n) is 6.62. The summed E-state index contributed by atoms with van der Waals surface area (Å²) < 4.78 is 5.92. The van der Waals surface area contributed by atoms with Gasteiger partial charge in [-0.3, -0.25) is 0 Å². The van der Waals surface area contributed by atoms with E-state index in [0.717, 1.165) is 18.4 Å². The number of hydrogen-bond donors (Lipinski definition) is 0. The van der Waals surface area contributed by atoms with E-state index in [9.17, 15) is 0 Å². The number of ether oxygens (including phenoxy) is 1. The van der Waals surface area contributed by atoms with Crippen LogP contribution in [0.5, 0.6) is 0 Å². The lowest BCUT2D eigenvalue weighted by molar-refractivity contribution is -0.0258.